The molecule has 2 nitrogen and oxygen atoms in total. The van der Waals surface area contributed by atoms with Gasteiger partial charge in [0.2, 0.25) is 0 Å². The van der Waals surface area contributed by atoms with Gasteiger partial charge in [0.05, 0.1) is 5.60 Å². The highest BCUT2D eigenvalue weighted by molar-refractivity contribution is 5.14. The van der Waals surface area contributed by atoms with Gasteiger partial charge in [-0.25, -0.2) is 0 Å². The topological polar surface area (TPSA) is 23.5 Å². The molecule has 1 aromatic rings. The van der Waals surface area contributed by atoms with Crippen LogP contribution >= 0.6 is 0 Å². The number of β-amino-alcohol motifs (C(OH)–C–C–N with tert-alkyl or cyclic N) is 1. The molecule has 0 radical (unpaired) electrons. The van der Waals surface area contributed by atoms with Gasteiger partial charge in [-0.2, -0.15) is 0 Å². The zero-order chi connectivity index (χ0) is 10.7. The Bertz CT molecular complexity index is 308. The van der Waals surface area contributed by atoms with E-state index in [1.54, 1.807) is 0 Å². The first-order chi connectivity index (χ1) is 7.16. The van der Waals surface area contributed by atoms with Crippen LogP contribution in [0, 0.1) is 0 Å². The summed E-state index contributed by atoms with van der Waals surface area (Å²) >= 11 is 0. The van der Waals surface area contributed by atoms with Crippen LogP contribution in [0.15, 0.2) is 30.3 Å². The van der Waals surface area contributed by atoms with Crippen molar-refractivity contribution >= 4 is 0 Å². The third-order valence-electron chi connectivity index (χ3n) is 3.00. The Balaban J connectivity index is 1.95. The van der Waals surface area contributed by atoms with Gasteiger partial charge in [-0.05, 0) is 31.9 Å². The molecule has 2 rings (SSSR count). The molecule has 0 spiro atoms. The molecule has 1 unspecified atom stereocenters. The third-order valence-corrected chi connectivity index (χ3v) is 3.00. The van der Waals surface area contributed by atoms with E-state index in [-0.39, 0.29) is 0 Å². The van der Waals surface area contributed by atoms with Gasteiger partial charge < -0.3 is 5.11 Å². The third kappa shape index (κ3) is 3.05. The Morgan fingerprint density at radius 1 is 1.33 bits per heavy atom. The lowest BCUT2D eigenvalue weighted by atomic mass is 9.95. The Morgan fingerprint density at radius 2 is 2.07 bits per heavy atom. The number of aliphatic hydroxyl groups is 1. The second-order valence-corrected chi connectivity index (χ2v) is 4.80. The summed E-state index contributed by atoms with van der Waals surface area (Å²) in [5.74, 6) is 0. The number of likely N-dealkylation sites (tertiary alicyclic amines) is 1. The van der Waals surface area contributed by atoms with E-state index < -0.39 is 5.60 Å². The molecule has 0 bridgehead atoms. The monoisotopic (exact) mass is 205 g/mol. The van der Waals surface area contributed by atoms with Crippen LogP contribution in [-0.4, -0.2) is 28.7 Å². The molecular formula is C13H19NO. The largest absolute Gasteiger partial charge is 0.389 e. The molecule has 1 aliphatic heterocycles. The highest BCUT2D eigenvalue weighted by Crippen LogP contribution is 2.21. The highest BCUT2D eigenvalue weighted by atomic mass is 16.3. The molecule has 1 aliphatic rings. The number of piperidine rings is 1. The van der Waals surface area contributed by atoms with Crippen LogP contribution in [0.1, 0.15) is 25.3 Å². The zero-order valence-electron chi connectivity index (χ0n) is 9.32. The van der Waals surface area contributed by atoms with Crippen molar-refractivity contribution in [2.24, 2.45) is 0 Å². The molecular weight excluding hydrogens is 186 g/mol. The summed E-state index contributed by atoms with van der Waals surface area (Å²) in [5, 5.41) is 9.98. The van der Waals surface area contributed by atoms with Gasteiger partial charge in [-0.15, -0.1) is 0 Å². The van der Waals surface area contributed by atoms with Crippen molar-refractivity contribution in [1.82, 2.24) is 4.90 Å². The summed E-state index contributed by atoms with van der Waals surface area (Å²) in [6.45, 7) is 4.79. The van der Waals surface area contributed by atoms with Gasteiger partial charge in [-0.1, -0.05) is 30.3 Å². The highest BCUT2D eigenvalue weighted by Gasteiger charge is 2.27. The van der Waals surface area contributed by atoms with Crippen LogP contribution in [0.4, 0.5) is 0 Å². The molecule has 82 valence electrons. The summed E-state index contributed by atoms with van der Waals surface area (Å²) in [4.78, 5) is 2.33. The van der Waals surface area contributed by atoms with E-state index in [1.165, 1.54) is 5.56 Å². The van der Waals surface area contributed by atoms with Gasteiger partial charge in [-0.3, -0.25) is 4.90 Å². The summed E-state index contributed by atoms with van der Waals surface area (Å²) in [7, 11) is 0. The van der Waals surface area contributed by atoms with Crippen LogP contribution in [0.2, 0.25) is 0 Å². The molecule has 1 aromatic carbocycles. The van der Waals surface area contributed by atoms with Crippen molar-refractivity contribution in [2.75, 3.05) is 13.1 Å². The van der Waals surface area contributed by atoms with Gasteiger partial charge in [0, 0.05) is 13.1 Å². The van der Waals surface area contributed by atoms with E-state index in [2.05, 4.69) is 29.2 Å². The Kier molecular flexibility index (Phi) is 3.08. The molecule has 1 fully saturated rings. The first-order valence-electron chi connectivity index (χ1n) is 5.64. The molecule has 2 heteroatoms. The number of hydrogen-bond donors (Lipinski definition) is 1. The first kappa shape index (κ1) is 10.7. The van der Waals surface area contributed by atoms with E-state index in [0.717, 1.165) is 32.5 Å². The van der Waals surface area contributed by atoms with Crippen LogP contribution in [0.3, 0.4) is 0 Å². The molecule has 1 atom stereocenters. The zero-order valence-corrected chi connectivity index (χ0v) is 9.32. The second kappa shape index (κ2) is 4.33. The minimum Gasteiger partial charge on any atom is -0.389 e. The lowest BCUT2D eigenvalue weighted by molar-refractivity contribution is -0.0181. The van der Waals surface area contributed by atoms with Gasteiger partial charge in [0.1, 0.15) is 0 Å². The van der Waals surface area contributed by atoms with Crippen molar-refractivity contribution in [3.05, 3.63) is 35.9 Å². The quantitative estimate of drug-likeness (QED) is 0.798. The smallest absolute Gasteiger partial charge is 0.0746 e. The molecule has 1 heterocycles. The van der Waals surface area contributed by atoms with E-state index in [0.29, 0.717) is 0 Å². The van der Waals surface area contributed by atoms with E-state index >= 15 is 0 Å². The fraction of sp³-hybridized carbons (Fsp3) is 0.538. The Labute approximate surface area is 91.5 Å². The fourth-order valence-electron chi connectivity index (χ4n) is 2.30. The summed E-state index contributed by atoms with van der Waals surface area (Å²) < 4.78 is 0. The number of benzene rings is 1. The first-order valence-corrected chi connectivity index (χ1v) is 5.64. The second-order valence-electron chi connectivity index (χ2n) is 4.80. The Hall–Kier alpha value is -0.860. The van der Waals surface area contributed by atoms with E-state index in [4.69, 9.17) is 0 Å². The lowest BCUT2D eigenvalue weighted by Gasteiger charge is -2.36. The molecule has 0 saturated carbocycles. The maximum absolute atomic E-state index is 9.98. The molecule has 0 amide bonds. The van der Waals surface area contributed by atoms with Gasteiger partial charge >= 0.3 is 0 Å². The summed E-state index contributed by atoms with van der Waals surface area (Å²) in [5.41, 5.74) is 0.836. The van der Waals surface area contributed by atoms with E-state index in [9.17, 15) is 5.11 Å². The molecule has 0 aliphatic carbocycles. The number of nitrogens with zero attached hydrogens (tertiary/aromatic N) is 1. The number of rotatable bonds is 2. The predicted octanol–water partition coefficient (Wildman–Crippen LogP) is 2.03. The average Bonchev–Trinajstić information content (AvgIpc) is 2.17. The minimum absolute atomic E-state index is 0.493. The standard InChI is InChI=1S/C13H19NO/c1-13(15)8-5-9-14(11-13)10-12-6-3-2-4-7-12/h2-4,6-7,15H,5,8-11H2,1H3. The van der Waals surface area contributed by atoms with E-state index in [1.807, 2.05) is 13.0 Å². The van der Waals surface area contributed by atoms with Crippen molar-refractivity contribution in [2.45, 2.75) is 31.9 Å². The molecule has 1 saturated heterocycles. The van der Waals surface area contributed by atoms with Crippen LogP contribution in [-0.2, 0) is 6.54 Å². The maximum atomic E-state index is 9.98. The predicted molar refractivity (Wildman–Crippen MR) is 61.6 cm³/mol. The van der Waals surface area contributed by atoms with Gasteiger partial charge in [0.25, 0.3) is 0 Å². The number of hydrogen-bond acceptors (Lipinski definition) is 2. The molecule has 0 aromatic heterocycles. The molecule has 1 N–H and O–H groups in total. The molecule has 15 heavy (non-hydrogen) atoms. The van der Waals surface area contributed by atoms with Crippen LogP contribution in [0.5, 0.6) is 0 Å². The SMILES string of the molecule is CC1(O)CCCN(Cc2ccccc2)C1. The fourth-order valence-corrected chi connectivity index (χ4v) is 2.30. The van der Waals surface area contributed by atoms with Crippen molar-refractivity contribution in [3.8, 4) is 0 Å². The lowest BCUT2D eigenvalue weighted by Crippen LogP contribution is -2.45. The Morgan fingerprint density at radius 3 is 2.73 bits per heavy atom. The summed E-state index contributed by atoms with van der Waals surface area (Å²) in [6.07, 6.45) is 2.03. The minimum atomic E-state index is -0.493. The van der Waals surface area contributed by atoms with Crippen LogP contribution in [0.25, 0.3) is 0 Å². The van der Waals surface area contributed by atoms with Crippen molar-refractivity contribution in [1.29, 1.82) is 0 Å². The average molecular weight is 205 g/mol. The summed E-state index contributed by atoms with van der Waals surface area (Å²) in [6, 6.07) is 10.5. The van der Waals surface area contributed by atoms with Crippen molar-refractivity contribution < 1.29 is 5.11 Å². The van der Waals surface area contributed by atoms with Gasteiger partial charge in [0.15, 0.2) is 0 Å². The van der Waals surface area contributed by atoms with Crippen LogP contribution < -0.4 is 0 Å². The maximum Gasteiger partial charge on any atom is 0.0746 e. The van der Waals surface area contributed by atoms with Crippen molar-refractivity contribution in [3.63, 3.8) is 0 Å². The normalized spacial score (nSPS) is 27.9.